The number of hydrogen-bond donors (Lipinski definition) is 1. The molecular formula is C28H39N3O5S. The highest BCUT2D eigenvalue weighted by Crippen LogP contribution is 2.22. The maximum atomic E-state index is 13.8. The number of nitrogens with zero attached hydrogens (tertiary/aromatic N) is 2. The molecule has 0 radical (unpaired) electrons. The number of ether oxygens (including phenoxy) is 1. The van der Waals surface area contributed by atoms with Crippen molar-refractivity contribution in [3.8, 4) is 5.75 Å². The minimum absolute atomic E-state index is 0.105. The van der Waals surface area contributed by atoms with Crippen LogP contribution in [0.1, 0.15) is 56.6 Å². The standard InChI is InChI=1S/C28H39N3O5S/c1-5-26(28(33)29-23-9-7-6-8-10-23)30(19-22-13-17-25(36-3)18-14-22)27(32)20-31(37(4,34)35)24-15-11-21(2)12-16-24/h11-18,23,26H,5-10,19-20H2,1-4H3,(H,29,33)/t26-/m1/s1. The Morgan fingerprint density at radius 3 is 2.19 bits per heavy atom. The first-order valence-electron chi connectivity index (χ1n) is 12.9. The number of hydrogen-bond acceptors (Lipinski definition) is 5. The molecule has 1 aliphatic rings. The molecule has 1 aliphatic carbocycles. The molecule has 9 heteroatoms. The van der Waals surface area contributed by atoms with E-state index in [1.54, 1.807) is 43.5 Å². The van der Waals surface area contributed by atoms with Crippen LogP contribution in [0.4, 0.5) is 5.69 Å². The fourth-order valence-corrected chi connectivity index (χ4v) is 5.57. The van der Waals surface area contributed by atoms with Crippen LogP contribution in [0.25, 0.3) is 0 Å². The van der Waals surface area contributed by atoms with Crippen LogP contribution in [-0.4, -0.2) is 57.1 Å². The normalized spacial score (nSPS) is 15.0. The van der Waals surface area contributed by atoms with Crippen molar-refractivity contribution in [2.24, 2.45) is 0 Å². The van der Waals surface area contributed by atoms with E-state index in [0.717, 1.165) is 47.4 Å². The van der Waals surface area contributed by atoms with Gasteiger partial charge in [0.05, 0.1) is 19.1 Å². The summed E-state index contributed by atoms with van der Waals surface area (Å²) in [5.74, 6) is 0.0521. The second-order valence-electron chi connectivity index (χ2n) is 9.74. The first kappa shape index (κ1) is 28.5. The molecule has 0 saturated heterocycles. The second kappa shape index (κ2) is 12.9. The van der Waals surface area contributed by atoms with Crippen LogP contribution in [0.15, 0.2) is 48.5 Å². The smallest absolute Gasteiger partial charge is 0.244 e. The lowest BCUT2D eigenvalue weighted by molar-refractivity contribution is -0.140. The van der Waals surface area contributed by atoms with E-state index >= 15 is 0 Å². The molecule has 2 aromatic carbocycles. The van der Waals surface area contributed by atoms with Gasteiger partial charge in [-0.05, 0) is 56.0 Å². The summed E-state index contributed by atoms with van der Waals surface area (Å²) >= 11 is 0. The summed E-state index contributed by atoms with van der Waals surface area (Å²) in [5.41, 5.74) is 2.21. The van der Waals surface area contributed by atoms with E-state index in [1.165, 1.54) is 11.3 Å². The van der Waals surface area contributed by atoms with Crippen molar-refractivity contribution in [2.75, 3.05) is 24.2 Å². The zero-order valence-electron chi connectivity index (χ0n) is 22.3. The Labute approximate surface area is 221 Å². The molecule has 1 atom stereocenters. The Hall–Kier alpha value is -3.07. The highest BCUT2D eigenvalue weighted by molar-refractivity contribution is 7.92. The van der Waals surface area contributed by atoms with E-state index < -0.39 is 28.5 Å². The Bertz CT molecular complexity index is 1140. The van der Waals surface area contributed by atoms with Gasteiger partial charge in [-0.1, -0.05) is 56.0 Å². The number of methoxy groups -OCH3 is 1. The van der Waals surface area contributed by atoms with Gasteiger partial charge in [-0.2, -0.15) is 0 Å². The van der Waals surface area contributed by atoms with Gasteiger partial charge in [0.2, 0.25) is 21.8 Å². The van der Waals surface area contributed by atoms with Crippen molar-refractivity contribution in [1.29, 1.82) is 0 Å². The lowest BCUT2D eigenvalue weighted by atomic mass is 9.95. The van der Waals surface area contributed by atoms with E-state index in [4.69, 9.17) is 4.74 Å². The highest BCUT2D eigenvalue weighted by Gasteiger charge is 2.32. The Morgan fingerprint density at radius 1 is 1.03 bits per heavy atom. The first-order valence-corrected chi connectivity index (χ1v) is 14.7. The van der Waals surface area contributed by atoms with Gasteiger partial charge >= 0.3 is 0 Å². The number of rotatable bonds is 11. The fraction of sp³-hybridized carbons (Fsp3) is 0.500. The first-order chi connectivity index (χ1) is 17.6. The molecule has 1 fully saturated rings. The molecule has 0 heterocycles. The quantitative estimate of drug-likeness (QED) is 0.474. The van der Waals surface area contributed by atoms with Crippen LogP contribution >= 0.6 is 0 Å². The number of aryl methyl sites for hydroxylation is 1. The topological polar surface area (TPSA) is 96.0 Å². The van der Waals surface area contributed by atoms with Crippen molar-refractivity contribution in [1.82, 2.24) is 10.2 Å². The summed E-state index contributed by atoms with van der Waals surface area (Å²) in [5, 5.41) is 3.15. The minimum Gasteiger partial charge on any atom is -0.497 e. The molecule has 202 valence electrons. The molecule has 8 nitrogen and oxygen atoms in total. The molecule has 0 spiro atoms. The largest absolute Gasteiger partial charge is 0.497 e. The van der Waals surface area contributed by atoms with E-state index in [0.29, 0.717) is 17.9 Å². The van der Waals surface area contributed by atoms with Gasteiger partial charge in [0.15, 0.2) is 0 Å². The molecular weight excluding hydrogens is 490 g/mol. The predicted molar refractivity (Wildman–Crippen MR) is 146 cm³/mol. The third-order valence-corrected chi connectivity index (χ3v) is 7.99. The third kappa shape index (κ3) is 7.95. The van der Waals surface area contributed by atoms with Crippen LogP contribution in [-0.2, 0) is 26.2 Å². The van der Waals surface area contributed by atoms with E-state index in [1.807, 2.05) is 26.0 Å². The van der Waals surface area contributed by atoms with Crippen LogP contribution in [0.2, 0.25) is 0 Å². The molecule has 0 unspecified atom stereocenters. The second-order valence-corrected chi connectivity index (χ2v) is 11.6. The fourth-order valence-electron chi connectivity index (χ4n) is 4.72. The monoisotopic (exact) mass is 529 g/mol. The van der Waals surface area contributed by atoms with Crippen molar-refractivity contribution in [3.63, 3.8) is 0 Å². The average Bonchev–Trinajstić information content (AvgIpc) is 2.88. The maximum absolute atomic E-state index is 13.8. The molecule has 1 N–H and O–H groups in total. The van der Waals surface area contributed by atoms with E-state index in [9.17, 15) is 18.0 Å². The predicted octanol–water partition coefficient (Wildman–Crippen LogP) is 4.03. The minimum atomic E-state index is -3.75. The Morgan fingerprint density at radius 2 is 1.65 bits per heavy atom. The van der Waals surface area contributed by atoms with E-state index in [2.05, 4.69) is 5.32 Å². The van der Waals surface area contributed by atoms with E-state index in [-0.39, 0.29) is 18.5 Å². The summed E-state index contributed by atoms with van der Waals surface area (Å²) < 4.78 is 31.7. The van der Waals surface area contributed by atoms with Crippen LogP contribution in [0, 0.1) is 6.92 Å². The molecule has 0 bridgehead atoms. The van der Waals surface area contributed by atoms with Gasteiger partial charge in [0.1, 0.15) is 18.3 Å². The zero-order chi connectivity index (χ0) is 27.0. The summed E-state index contributed by atoms with van der Waals surface area (Å²) in [6.07, 6.45) is 6.69. The van der Waals surface area contributed by atoms with Crippen molar-refractivity contribution >= 4 is 27.5 Å². The van der Waals surface area contributed by atoms with Crippen molar-refractivity contribution in [2.45, 2.75) is 71.0 Å². The number of sulfonamides is 1. The summed E-state index contributed by atoms with van der Waals surface area (Å²) in [6, 6.07) is 13.7. The number of benzene rings is 2. The van der Waals surface area contributed by atoms with Gasteiger partial charge in [0, 0.05) is 12.6 Å². The molecule has 2 amide bonds. The van der Waals surface area contributed by atoms with Gasteiger partial charge in [-0.3, -0.25) is 13.9 Å². The van der Waals surface area contributed by atoms with Crippen molar-refractivity contribution < 1.29 is 22.7 Å². The van der Waals surface area contributed by atoms with Gasteiger partial charge in [-0.25, -0.2) is 8.42 Å². The van der Waals surface area contributed by atoms with Crippen LogP contribution in [0.3, 0.4) is 0 Å². The number of nitrogens with one attached hydrogen (secondary N) is 1. The summed E-state index contributed by atoms with van der Waals surface area (Å²) in [4.78, 5) is 28.7. The SMILES string of the molecule is CC[C@H](C(=O)NC1CCCCC1)N(Cc1ccc(OC)cc1)C(=O)CN(c1ccc(C)cc1)S(C)(=O)=O. The number of amides is 2. The molecule has 2 aromatic rings. The number of anilines is 1. The molecule has 37 heavy (non-hydrogen) atoms. The lowest BCUT2D eigenvalue weighted by Crippen LogP contribution is -2.53. The van der Waals surface area contributed by atoms with Crippen molar-refractivity contribution in [3.05, 3.63) is 59.7 Å². The van der Waals surface area contributed by atoms with Gasteiger partial charge in [-0.15, -0.1) is 0 Å². The number of carbonyl (C=O) groups excluding carboxylic acids is 2. The number of carbonyl (C=O) groups is 2. The Balaban J connectivity index is 1.90. The molecule has 1 saturated carbocycles. The van der Waals surface area contributed by atoms with Crippen LogP contribution < -0.4 is 14.4 Å². The molecule has 0 aromatic heterocycles. The molecule has 0 aliphatic heterocycles. The zero-order valence-corrected chi connectivity index (χ0v) is 23.1. The summed E-state index contributed by atoms with van der Waals surface area (Å²) in [7, 11) is -2.17. The van der Waals surface area contributed by atoms with Gasteiger partial charge < -0.3 is 15.0 Å². The Kier molecular flexibility index (Phi) is 9.97. The third-order valence-electron chi connectivity index (χ3n) is 6.85. The highest BCUT2D eigenvalue weighted by atomic mass is 32.2. The van der Waals surface area contributed by atoms with Crippen LogP contribution in [0.5, 0.6) is 5.75 Å². The van der Waals surface area contributed by atoms with Gasteiger partial charge in [0.25, 0.3) is 0 Å². The lowest BCUT2D eigenvalue weighted by Gasteiger charge is -2.34. The summed E-state index contributed by atoms with van der Waals surface area (Å²) in [6.45, 7) is 3.55. The molecule has 3 rings (SSSR count). The maximum Gasteiger partial charge on any atom is 0.244 e. The average molecular weight is 530 g/mol.